The zero-order valence-corrected chi connectivity index (χ0v) is 13.0. The number of nitrogens with one attached hydrogen (secondary N) is 1. The van der Waals surface area contributed by atoms with E-state index >= 15 is 0 Å². The maximum Gasteiger partial charge on any atom is 0.123 e. The first-order chi connectivity index (χ1) is 10.3. The molecule has 1 atom stereocenters. The molecule has 1 aliphatic rings. The second-order valence-corrected chi connectivity index (χ2v) is 5.75. The molecule has 0 bridgehead atoms. The van der Waals surface area contributed by atoms with Crippen molar-refractivity contribution >= 4 is 0 Å². The summed E-state index contributed by atoms with van der Waals surface area (Å²) in [6, 6.07) is 6.86. The minimum absolute atomic E-state index is 0.224. The van der Waals surface area contributed by atoms with Gasteiger partial charge in [-0.3, -0.25) is 4.90 Å². The van der Waals surface area contributed by atoms with Crippen LogP contribution in [0.5, 0.6) is 5.75 Å². The highest BCUT2D eigenvalue weighted by Gasteiger charge is 2.16. The zero-order valence-electron chi connectivity index (χ0n) is 13.0. The van der Waals surface area contributed by atoms with Gasteiger partial charge in [0.25, 0.3) is 0 Å². The van der Waals surface area contributed by atoms with Gasteiger partial charge in [-0.25, -0.2) is 4.39 Å². The highest BCUT2D eigenvalue weighted by molar-refractivity contribution is 5.21. The number of halogens is 1. The number of hydrogen-bond acceptors (Lipinski definition) is 3. The smallest absolute Gasteiger partial charge is 0.123 e. The maximum atomic E-state index is 12.8. The average molecular weight is 294 g/mol. The number of piperidine rings is 1. The molecular weight excluding hydrogens is 267 g/mol. The number of ether oxygens (including phenoxy) is 1. The van der Waals surface area contributed by atoms with Crippen LogP contribution < -0.4 is 10.1 Å². The molecule has 1 unspecified atom stereocenters. The van der Waals surface area contributed by atoms with Crippen LogP contribution in [0.3, 0.4) is 0 Å². The highest BCUT2D eigenvalue weighted by Crippen LogP contribution is 2.12. The summed E-state index contributed by atoms with van der Waals surface area (Å²) in [6.07, 6.45) is 5.07. The van der Waals surface area contributed by atoms with Crippen molar-refractivity contribution < 1.29 is 9.13 Å². The van der Waals surface area contributed by atoms with Gasteiger partial charge in [0.05, 0.1) is 0 Å². The van der Waals surface area contributed by atoms with Crippen molar-refractivity contribution in [2.75, 3.05) is 32.8 Å². The topological polar surface area (TPSA) is 24.5 Å². The molecule has 0 spiro atoms. The lowest BCUT2D eigenvalue weighted by Crippen LogP contribution is -2.45. The second kappa shape index (κ2) is 9.00. The van der Waals surface area contributed by atoms with E-state index in [4.69, 9.17) is 4.74 Å². The van der Waals surface area contributed by atoms with Crippen LogP contribution in [0.1, 0.15) is 32.6 Å². The fraction of sp³-hybridized carbons (Fsp3) is 0.647. The lowest BCUT2D eigenvalue weighted by molar-refractivity contribution is 0.184. The molecule has 1 heterocycles. The molecule has 0 radical (unpaired) electrons. The Bertz CT molecular complexity index is 390. The number of rotatable bonds is 8. The van der Waals surface area contributed by atoms with E-state index in [9.17, 15) is 4.39 Å². The van der Waals surface area contributed by atoms with Gasteiger partial charge in [0.15, 0.2) is 0 Å². The van der Waals surface area contributed by atoms with Gasteiger partial charge in [-0.15, -0.1) is 0 Å². The summed E-state index contributed by atoms with van der Waals surface area (Å²) < 4.78 is 18.5. The molecule has 1 aliphatic heterocycles. The predicted molar refractivity (Wildman–Crippen MR) is 84.3 cm³/mol. The molecule has 0 aromatic heterocycles. The maximum absolute atomic E-state index is 12.8. The molecular formula is C17H27FN2O. The summed E-state index contributed by atoms with van der Waals surface area (Å²) in [5.74, 6) is 0.516. The first-order valence-electron chi connectivity index (χ1n) is 8.12. The number of nitrogens with zero attached hydrogens (tertiary/aromatic N) is 1. The van der Waals surface area contributed by atoms with Crippen molar-refractivity contribution in [1.29, 1.82) is 0 Å². The van der Waals surface area contributed by atoms with Gasteiger partial charge in [0.1, 0.15) is 18.2 Å². The van der Waals surface area contributed by atoms with Gasteiger partial charge in [0, 0.05) is 19.1 Å². The van der Waals surface area contributed by atoms with Crippen LogP contribution in [-0.4, -0.2) is 43.7 Å². The van der Waals surface area contributed by atoms with E-state index < -0.39 is 0 Å². The minimum atomic E-state index is -0.224. The molecule has 1 fully saturated rings. The minimum Gasteiger partial charge on any atom is -0.492 e. The van der Waals surface area contributed by atoms with E-state index in [2.05, 4.69) is 17.1 Å². The number of hydrogen-bond donors (Lipinski definition) is 1. The lowest BCUT2D eigenvalue weighted by atomic mass is 10.0. The molecule has 118 valence electrons. The standard InChI is InChI=1S/C17H27FN2O/c1-2-11-20(14-16-5-3-4-10-19-16)12-13-21-17-8-6-15(18)7-9-17/h6-9,16,19H,2-5,10-14H2,1H3. The van der Waals surface area contributed by atoms with E-state index in [0.717, 1.165) is 38.3 Å². The van der Waals surface area contributed by atoms with Gasteiger partial charge < -0.3 is 10.1 Å². The molecule has 1 aromatic carbocycles. The summed E-state index contributed by atoms with van der Waals surface area (Å²) in [5.41, 5.74) is 0. The van der Waals surface area contributed by atoms with E-state index in [-0.39, 0.29) is 5.82 Å². The van der Waals surface area contributed by atoms with E-state index in [1.807, 2.05) is 0 Å². The molecule has 21 heavy (non-hydrogen) atoms. The van der Waals surface area contributed by atoms with Crippen LogP contribution in [-0.2, 0) is 0 Å². The van der Waals surface area contributed by atoms with Crippen molar-refractivity contribution in [3.05, 3.63) is 30.1 Å². The number of benzene rings is 1. The third-order valence-electron chi connectivity index (χ3n) is 3.92. The molecule has 0 aliphatic carbocycles. The largest absolute Gasteiger partial charge is 0.492 e. The fourth-order valence-electron chi connectivity index (χ4n) is 2.83. The first-order valence-corrected chi connectivity index (χ1v) is 8.12. The summed E-state index contributed by atoms with van der Waals surface area (Å²) in [6.45, 7) is 7.13. The van der Waals surface area contributed by atoms with Crippen LogP contribution in [0.25, 0.3) is 0 Å². The van der Waals surface area contributed by atoms with Gasteiger partial charge in [0.2, 0.25) is 0 Å². The average Bonchev–Trinajstić information content (AvgIpc) is 2.50. The van der Waals surface area contributed by atoms with Crippen molar-refractivity contribution in [3.63, 3.8) is 0 Å². The molecule has 0 saturated carbocycles. The normalized spacial score (nSPS) is 18.9. The molecule has 4 heteroatoms. The zero-order chi connectivity index (χ0) is 14.9. The van der Waals surface area contributed by atoms with E-state index in [1.54, 1.807) is 12.1 Å². The van der Waals surface area contributed by atoms with E-state index in [1.165, 1.54) is 31.4 Å². The third kappa shape index (κ3) is 6.02. The quantitative estimate of drug-likeness (QED) is 0.797. The Morgan fingerprint density at radius 1 is 1.24 bits per heavy atom. The molecule has 3 nitrogen and oxygen atoms in total. The molecule has 2 rings (SSSR count). The van der Waals surface area contributed by atoms with Gasteiger partial charge >= 0.3 is 0 Å². The Morgan fingerprint density at radius 3 is 2.71 bits per heavy atom. The summed E-state index contributed by atoms with van der Waals surface area (Å²) in [5, 5.41) is 3.60. The van der Waals surface area contributed by atoms with Crippen LogP contribution >= 0.6 is 0 Å². The predicted octanol–water partition coefficient (Wildman–Crippen LogP) is 3.06. The van der Waals surface area contributed by atoms with Crippen LogP contribution in [0.15, 0.2) is 24.3 Å². The molecule has 1 aromatic rings. The Hall–Kier alpha value is -1.13. The highest BCUT2D eigenvalue weighted by atomic mass is 19.1. The fourth-order valence-corrected chi connectivity index (χ4v) is 2.83. The molecule has 1 saturated heterocycles. The van der Waals surface area contributed by atoms with Crippen molar-refractivity contribution in [3.8, 4) is 5.75 Å². The SMILES string of the molecule is CCCN(CCOc1ccc(F)cc1)CC1CCCCN1. The van der Waals surface area contributed by atoms with E-state index in [0.29, 0.717) is 12.6 Å². The lowest BCUT2D eigenvalue weighted by Gasteiger charge is -2.30. The summed E-state index contributed by atoms with van der Waals surface area (Å²) in [7, 11) is 0. The molecule has 0 amide bonds. The van der Waals surface area contributed by atoms with Crippen molar-refractivity contribution in [2.45, 2.75) is 38.6 Å². The van der Waals surface area contributed by atoms with Gasteiger partial charge in [-0.1, -0.05) is 13.3 Å². The van der Waals surface area contributed by atoms with Crippen LogP contribution in [0.2, 0.25) is 0 Å². The van der Waals surface area contributed by atoms with Crippen molar-refractivity contribution in [2.24, 2.45) is 0 Å². The monoisotopic (exact) mass is 294 g/mol. The Morgan fingerprint density at radius 2 is 2.05 bits per heavy atom. The third-order valence-corrected chi connectivity index (χ3v) is 3.92. The van der Waals surface area contributed by atoms with Crippen molar-refractivity contribution in [1.82, 2.24) is 10.2 Å². The Balaban J connectivity index is 1.72. The summed E-state index contributed by atoms with van der Waals surface area (Å²) >= 11 is 0. The molecule has 1 N–H and O–H groups in total. The second-order valence-electron chi connectivity index (χ2n) is 5.75. The van der Waals surface area contributed by atoms with Gasteiger partial charge in [-0.05, 0) is 56.6 Å². The van der Waals surface area contributed by atoms with Crippen LogP contribution in [0, 0.1) is 5.82 Å². The Kier molecular flexibility index (Phi) is 6.96. The van der Waals surface area contributed by atoms with Gasteiger partial charge in [-0.2, -0.15) is 0 Å². The first kappa shape index (κ1) is 16.2. The van der Waals surface area contributed by atoms with Crippen LogP contribution in [0.4, 0.5) is 4.39 Å². The Labute approximate surface area is 127 Å². The summed E-state index contributed by atoms with van der Waals surface area (Å²) in [4.78, 5) is 2.46.